The highest BCUT2D eigenvalue weighted by Gasteiger charge is 2.55. The van der Waals surface area contributed by atoms with E-state index in [9.17, 15) is 9.18 Å². The summed E-state index contributed by atoms with van der Waals surface area (Å²) in [5.74, 6) is 0.0767. The van der Waals surface area contributed by atoms with E-state index in [0.717, 1.165) is 22.8 Å². The number of rotatable bonds is 4. The number of carbonyl (C=O) groups excluding carboxylic acids is 1. The van der Waals surface area contributed by atoms with Crippen LogP contribution in [0.1, 0.15) is 12.8 Å². The molecule has 9 nitrogen and oxygen atoms in total. The zero-order valence-corrected chi connectivity index (χ0v) is 16.1. The number of benzene rings is 2. The quantitative estimate of drug-likeness (QED) is 0.399. The Morgan fingerprint density at radius 3 is 2.77 bits per heavy atom. The van der Waals surface area contributed by atoms with E-state index >= 15 is 0 Å². The lowest BCUT2D eigenvalue weighted by Gasteiger charge is -2.26. The minimum atomic E-state index is -0.708. The molecular weight excluding hydrogens is 401 g/mol. The molecule has 3 heterocycles. The fraction of sp³-hybridized carbons (Fsp3) is 0.143. The van der Waals surface area contributed by atoms with Crippen LogP contribution in [0.5, 0.6) is 5.75 Å². The van der Waals surface area contributed by atoms with Gasteiger partial charge in [0.25, 0.3) is 5.91 Å². The average molecular weight is 417 g/mol. The Labute approximate surface area is 175 Å². The molecule has 0 unspecified atom stereocenters. The molecule has 31 heavy (non-hydrogen) atoms. The van der Waals surface area contributed by atoms with E-state index in [1.807, 2.05) is 18.2 Å². The van der Waals surface area contributed by atoms with Crippen molar-refractivity contribution in [2.45, 2.75) is 18.4 Å². The molecule has 0 atom stereocenters. The Hall–Kier alpha value is -4.21. The molecule has 0 saturated heterocycles. The van der Waals surface area contributed by atoms with Crippen LogP contribution < -0.4 is 20.7 Å². The van der Waals surface area contributed by atoms with Crippen molar-refractivity contribution in [1.29, 1.82) is 0 Å². The molecule has 1 aliphatic carbocycles. The number of nitrogens with one attached hydrogen (secondary N) is 4. The summed E-state index contributed by atoms with van der Waals surface area (Å²) in [6.45, 7) is 0. The fourth-order valence-electron chi connectivity index (χ4n) is 3.53. The number of fused-ring (bicyclic) bond motifs is 2. The number of aromatic nitrogens is 4. The van der Waals surface area contributed by atoms with Crippen molar-refractivity contribution in [3.05, 3.63) is 54.6 Å². The molecule has 6 rings (SSSR count). The molecule has 2 aromatic carbocycles. The smallest absolute Gasteiger partial charge is 0.268 e. The molecule has 154 valence electrons. The summed E-state index contributed by atoms with van der Waals surface area (Å²) in [5.41, 5.74) is 1.97. The topological polar surface area (TPSA) is 117 Å². The maximum Gasteiger partial charge on any atom is 0.268 e. The van der Waals surface area contributed by atoms with Crippen LogP contribution >= 0.6 is 0 Å². The molecule has 1 amide bonds. The first-order valence-electron chi connectivity index (χ1n) is 9.72. The number of H-pyrrole nitrogens is 1. The van der Waals surface area contributed by atoms with Crippen LogP contribution in [-0.2, 0) is 4.79 Å². The van der Waals surface area contributed by atoms with Gasteiger partial charge in [-0.15, -0.1) is 0 Å². The van der Waals surface area contributed by atoms with Crippen molar-refractivity contribution >= 4 is 45.6 Å². The van der Waals surface area contributed by atoms with E-state index in [1.54, 1.807) is 24.4 Å². The van der Waals surface area contributed by atoms with Gasteiger partial charge in [0.1, 0.15) is 5.75 Å². The van der Waals surface area contributed by atoms with Gasteiger partial charge in [0.05, 0.1) is 23.6 Å². The monoisotopic (exact) mass is 417 g/mol. The zero-order valence-electron chi connectivity index (χ0n) is 16.1. The molecule has 10 heteroatoms. The lowest BCUT2D eigenvalue weighted by molar-refractivity contribution is -0.125. The molecule has 4 N–H and O–H groups in total. The number of nitrogens with zero attached hydrogens (tertiary/aromatic N) is 3. The third-order valence-electron chi connectivity index (χ3n) is 5.36. The van der Waals surface area contributed by atoms with Crippen molar-refractivity contribution < 1.29 is 13.9 Å². The summed E-state index contributed by atoms with van der Waals surface area (Å²) in [6, 6.07) is 10.8. The van der Waals surface area contributed by atoms with Gasteiger partial charge in [-0.3, -0.25) is 9.89 Å². The van der Waals surface area contributed by atoms with Crippen LogP contribution in [0, 0.1) is 5.82 Å². The molecule has 0 radical (unpaired) electrons. The third kappa shape index (κ3) is 3.08. The zero-order chi connectivity index (χ0) is 21.0. The van der Waals surface area contributed by atoms with E-state index in [4.69, 9.17) is 4.74 Å². The highest BCUT2D eigenvalue weighted by Crippen LogP contribution is 2.47. The summed E-state index contributed by atoms with van der Waals surface area (Å²) in [5, 5.41) is 16.7. The number of anilines is 5. The van der Waals surface area contributed by atoms with Crippen molar-refractivity contribution in [3.63, 3.8) is 0 Å². The second-order valence-corrected chi connectivity index (χ2v) is 7.57. The molecule has 2 aromatic heterocycles. The molecule has 1 saturated carbocycles. The molecule has 4 aromatic rings. The predicted octanol–water partition coefficient (Wildman–Crippen LogP) is 3.84. The highest BCUT2D eigenvalue weighted by molar-refractivity contribution is 6.03. The summed E-state index contributed by atoms with van der Waals surface area (Å²) in [6.07, 6.45) is 4.25. The predicted molar refractivity (Wildman–Crippen MR) is 112 cm³/mol. The molecular formula is C21H16FN7O2. The Bertz CT molecular complexity index is 1350. The second-order valence-electron chi connectivity index (χ2n) is 7.57. The standard InChI is InChI=1S/C21H16FN7O2/c22-14-10-23-20(26-13-2-1-11-9-24-29-15(11)7-13)28-18(14)25-12-3-4-17-16(8-12)27-19(30)21(31-17)5-6-21/h1-4,7-10H,5-6H2,(H,24,29)(H,27,30)(H2,23,25,26,28). The maximum atomic E-state index is 14.3. The van der Waals surface area contributed by atoms with Gasteiger partial charge in [0, 0.05) is 29.6 Å². The van der Waals surface area contributed by atoms with Gasteiger partial charge in [-0.2, -0.15) is 10.1 Å². The average Bonchev–Trinajstić information content (AvgIpc) is 3.38. The first kappa shape index (κ1) is 17.6. The van der Waals surface area contributed by atoms with Crippen molar-refractivity contribution in [2.24, 2.45) is 0 Å². The first-order valence-corrected chi connectivity index (χ1v) is 9.72. The Morgan fingerprint density at radius 2 is 1.90 bits per heavy atom. The maximum absolute atomic E-state index is 14.3. The van der Waals surface area contributed by atoms with Crippen molar-refractivity contribution in [3.8, 4) is 5.75 Å². The van der Waals surface area contributed by atoms with E-state index < -0.39 is 11.4 Å². The summed E-state index contributed by atoms with van der Waals surface area (Å²) < 4.78 is 20.2. The van der Waals surface area contributed by atoms with Gasteiger partial charge in [-0.05, 0) is 36.4 Å². The van der Waals surface area contributed by atoms with Crippen LogP contribution in [0.4, 0.5) is 33.2 Å². The van der Waals surface area contributed by atoms with Crippen molar-refractivity contribution in [2.75, 3.05) is 16.0 Å². The van der Waals surface area contributed by atoms with Gasteiger partial charge in [-0.1, -0.05) is 0 Å². The van der Waals surface area contributed by atoms with Gasteiger partial charge in [0.15, 0.2) is 17.2 Å². The van der Waals surface area contributed by atoms with Crippen LogP contribution in [0.3, 0.4) is 0 Å². The fourth-order valence-corrected chi connectivity index (χ4v) is 3.53. The van der Waals surface area contributed by atoms with Gasteiger partial charge >= 0.3 is 0 Å². The van der Waals surface area contributed by atoms with Gasteiger partial charge in [0.2, 0.25) is 5.95 Å². The highest BCUT2D eigenvalue weighted by atomic mass is 19.1. The third-order valence-corrected chi connectivity index (χ3v) is 5.36. The minimum absolute atomic E-state index is 0.00165. The number of aromatic amines is 1. The normalized spacial score (nSPS) is 15.8. The number of ether oxygens (including phenoxy) is 1. The molecule has 1 fully saturated rings. The number of halogens is 1. The van der Waals surface area contributed by atoms with E-state index in [0.29, 0.717) is 30.0 Å². The Morgan fingerprint density at radius 1 is 1.06 bits per heavy atom. The van der Waals surface area contributed by atoms with E-state index in [2.05, 4.69) is 36.1 Å². The SMILES string of the molecule is O=C1Nc2cc(Nc3nc(Nc4ccc5cn[nH]c5c4)ncc3F)ccc2OC12CC2. The summed E-state index contributed by atoms with van der Waals surface area (Å²) in [4.78, 5) is 20.4. The van der Waals surface area contributed by atoms with Crippen molar-refractivity contribution in [1.82, 2.24) is 20.2 Å². The number of carbonyl (C=O) groups is 1. The van der Waals surface area contributed by atoms with Crippen LogP contribution in [0.15, 0.2) is 48.8 Å². The Balaban J connectivity index is 1.24. The molecule has 1 spiro atoms. The van der Waals surface area contributed by atoms with E-state index in [1.165, 1.54) is 0 Å². The summed E-state index contributed by atoms with van der Waals surface area (Å²) >= 11 is 0. The first-order chi connectivity index (χ1) is 15.1. The van der Waals surface area contributed by atoms with Crippen LogP contribution in [0.25, 0.3) is 10.9 Å². The summed E-state index contributed by atoms with van der Waals surface area (Å²) in [7, 11) is 0. The lowest BCUT2D eigenvalue weighted by atomic mass is 10.2. The van der Waals surface area contributed by atoms with Crippen LogP contribution in [0.2, 0.25) is 0 Å². The molecule has 0 bridgehead atoms. The molecule has 2 aliphatic rings. The second kappa shape index (κ2) is 6.39. The largest absolute Gasteiger partial charge is 0.475 e. The molecule has 1 aliphatic heterocycles. The van der Waals surface area contributed by atoms with E-state index in [-0.39, 0.29) is 17.7 Å². The number of amides is 1. The Kier molecular flexibility index (Phi) is 3.64. The minimum Gasteiger partial charge on any atom is -0.475 e. The number of hydrogen-bond donors (Lipinski definition) is 4. The lowest BCUT2D eigenvalue weighted by Crippen LogP contribution is -2.38. The van der Waals surface area contributed by atoms with Gasteiger partial charge in [-0.25, -0.2) is 9.37 Å². The van der Waals surface area contributed by atoms with Crippen LogP contribution in [-0.4, -0.2) is 31.7 Å². The van der Waals surface area contributed by atoms with Gasteiger partial charge < -0.3 is 20.7 Å². The number of hydrogen-bond acceptors (Lipinski definition) is 7.